The van der Waals surface area contributed by atoms with Gasteiger partial charge in [0, 0.05) is 24.8 Å². The van der Waals surface area contributed by atoms with Gasteiger partial charge in [-0.15, -0.1) is 0 Å². The number of halogens is 1. The van der Waals surface area contributed by atoms with Crippen molar-refractivity contribution < 1.29 is 19.2 Å². The van der Waals surface area contributed by atoms with Crippen molar-refractivity contribution in [3.05, 3.63) is 53.1 Å². The summed E-state index contributed by atoms with van der Waals surface area (Å²) in [5.41, 5.74) is 2.78. The van der Waals surface area contributed by atoms with Crippen LogP contribution in [0, 0.1) is 0 Å². The number of rotatable bonds is 3. The van der Waals surface area contributed by atoms with Gasteiger partial charge in [0.15, 0.2) is 0 Å². The molecule has 2 saturated heterocycles. The Labute approximate surface area is 172 Å². The fourth-order valence-electron chi connectivity index (χ4n) is 3.86. The van der Waals surface area contributed by atoms with Crippen LogP contribution >= 0.6 is 11.6 Å². The van der Waals surface area contributed by atoms with Crippen molar-refractivity contribution in [1.29, 1.82) is 0 Å². The minimum Gasteiger partial charge on any atom is -0.296 e. The number of amides is 4. The van der Waals surface area contributed by atoms with E-state index in [1.807, 2.05) is 12.1 Å². The molecule has 2 aliphatic rings. The molecule has 0 saturated carbocycles. The van der Waals surface area contributed by atoms with Crippen molar-refractivity contribution in [2.75, 3.05) is 4.90 Å². The predicted molar refractivity (Wildman–Crippen MR) is 108 cm³/mol. The Hall–Kier alpha value is -2.99. The average molecular weight is 411 g/mol. The molecule has 29 heavy (non-hydrogen) atoms. The first kappa shape index (κ1) is 19.3. The Morgan fingerprint density at radius 2 is 1.59 bits per heavy atom. The van der Waals surface area contributed by atoms with Crippen molar-refractivity contribution in [3.63, 3.8) is 0 Å². The van der Waals surface area contributed by atoms with E-state index in [0.717, 1.165) is 11.1 Å². The van der Waals surface area contributed by atoms with Crippen LogP contribution in [0.25, 0.3) is 11.1 Å². The Morgan fingerprint density at radius 1 is 0.897 bits per heavy atom. The van der Waals surface area contributed by atoms with Crippen molar-refractivity contribution in [2.24, 2.45) is 0 Å². The molecule has 0 radical (unpaired) electrons. The average Bonchev–Trinajstić information content (AvgIpc) is 2.69. The molecule has 2 aromatic rings. The largest absolute Gasteiger partial charge is 0.296 e. The molecule has 7 heteroatoms. The zero-order valence-corrected chi connectivity index (χ0v) is 16.4. The maximum Gasteiger partial charge on any atom is 0.234 e. The van der Waals surface area contributed by atoms with Crippen LogP contribution in [0.5, 0.6) is 0 Å². The summed E-state index contributed by atoms with van der Waals surface area (Å²) in [7, 11) is 0. The Bertz CT molecular complexity index is 1000. The van der Waals surface area contributed by atoms with Crippen LogP contribution < -0.4 is 10.2 Å². The van der Waals surface area contributed by atoms with Crippen LogP contribution in [-0.4, -0.2) is 23.6 Å². The Balaban J connectivity index is 1.64. The van der Waals surface area contributed by atoms with Crippen molar-refractivity contribution in [3.8, 4) is 11.1 Å². The second-order valence-corrected chi connectivity index (χ2v) is 7.61. The molecule has 2 aliphatic heterocycles. The molecule has 1 N–H and O–H groups in total. The first-order valence-electron chi connectivity index (χ1n) is 9.54. The highest BCUT2D eigenvalue weighted by Crippen LogP contribution is 2.37. The van der Waals surface area contributed by atoms with Gasteiger partial charge in [-0.3, -0.25) is 29.4 Å². The van der Waals surface area contributed by atoms with Crippen LogP contribution in [0.1, 0.15) is 43.6 Å². The Morgan fingerprint density at radius 3 is 2.24 bits per heavy atom. The molecule has 0 spiro atoms. The third kappa shape index (κ3) is 3.68. The number of nitrogens with one attached hydrogen (secondary N) is 1. The maximum atomic E-state index is 12.2. The van der Waals surface area contributed by atoms with E-state index in [4.69, 9.17) is 11.6 Å². The number of imide groups is 2. The summed E-state index contributed by atoms with van der Waals surface area (Å²) < 4.78 is 0. The molecule has 0 aliphatic carbocycles. The van der Waals surface area contributed by atoms with Gasteiger partial charge in [-0.05, 0) is 36.1 Å². The second-order valence-electron chi connectivity index (χ2n) is 7.24. The van der Waals surface area contributed by atoms with E-state index in [1.54, 1.807) is 30.3 Å². The number of hydrogen-bond donors (Lipinski definition) is 1. The van der Waals surface area contributed by atoms with Crippen LogP contribution in [0.15, 0.2) is 42.5 Å². The van der Waals surface area contributed by atoms with E-state index >= 15 is 0 Å². The quantitative estimate of drug-likeness (QED) is 0.784. The molecule has 4 amide bonds. The zero-order valence-electron chi connectivity index (χ0n) is 15.6. The number of hydrogen-bond acceptors (Lipinski definition) is 4. The summed E-state index contributed by atoms with van der Waals surface area (Å²) >= 11 is 6.63. The van der Waals surface area contributed by atoms with Gasteiger partial charge in [-0.1, -0.05) is 41.9 Å². The molecular formula is C22H19ClN2O4. The fourth-order valence-corrected chi connectivity index (χ4v) is 4.23. The molecule has 4 rings (SSSR count). The number of benzene rings is 2. The first-order valence-corrected chi connectivity index (χ1v) is 9.92. The number of carbonyl (C=O) groups excluding carboxylic acids is 4. The third-order valence-corrected chi connectivity index (χ3v) is 5.78. The van der Waals surface area contributed by atoms with E-state index in [9.17, 15) is 19.2 Å². The van der Waals surface area contributed by atoms with Crippen LogP contribution in [0.2, 0.25) is 5.02 Å². The monoisotopic (exact) mass is 410 g/mol. The summed E-state index contributed by atoms with van der Waals surface area (Å²) in [5, 5.41) is 2.82. The lowest BCUT2D eigenvalue weighted by Gasteiger charge is -2.25. The van der Waals surface area contributed by atoms with E-state index in [-0.39, 0.29) is 30.0 Å². The number of nitrogens with zero attached hydrogens (tertiary/aromatic N) is 1. The number of carbonyl (C=O) groups is 4. The smallest absolute Gasteiger partial charge is 0.234 e. The minimum absolute atomic E-state index is 0.188. The SMILES string of the molecule is O=C1CCC(c2cccc(-c3ccc(N4C(=O)CCCC4=O)cc3)c2Cl)C(=O)N1. The molecule has 1 atom stereocenters. The van der Waals surface area contributed by atoms with Crippen LogP contribution in [0.3, 0.4) is 0 Å². The summed E-state index contributed by atoms with van der Waals surface area (Å²) in [6.45, 7) is 0. The molecular weight excluding hydrogens is 392 g/mol. The predicted octanol–water partition coefficient (Wildman–Crippen LogP) is 3.57. The third-order valence-electron chi connectivity index (χ3n) is 5.36. The molecule has 0 aromatic heterocycles. The van der Waals surface area contributed by atoms with Crippen LogP contribution in [0.4, 0.5) is 5.69 Å². The van der Waals surface area contributed by atoms with E-state index in [0.29, 0.717) is 42.0 Å². The summed E-state index contributed by atoms with van der Waals surface area (Å²) in [4.78, 5) is 49.1. The number of anilines is 1. The second kappa shape index (κ2) is 7.79. The van der Waals surface area contributed by atoms with Crippen molar-refractivity contribution >= 4 is 40.9 Å². The topological polar surface area (TPSA) is 83.6 Å². The zero-order chi connectivity index (χ0) is 20.5. The van der Waals surface area contributed by atoms with Gasteiger partial charge in [0.05, 0.1) is 16.6 Å². The van der Waals surface area contributed by atoms with Gasteiger partial charge in [-0.25, -0.2) is 0 Å². The summed E-state index contributed by atoms with van der Waals surface area (Å²) in [5.74, 6) is -1.45. The lowest BCUT2D eigenvalue weighted by molar-refractivity contribution is -0.134. The highest BCUT2D eigenvalue weighted by atomic mass is 35.5. The van der Waals surface area contributed by atoms with Crippen LogP contribution in [-0.2, 0) is 19.2 Å². The van der Waals surface area contributed by atoms with E-state index < -0.39 is 5.92 Å². The molecule has 1 unspecified atom stereocenters. The molecule has 2 aromatic carbocycles. The normalized spacial score (nSPS) is 20.0. The minimum atomic E-state index is -0.469. The standard InChI is InChI=1S/C22H19ClN2O4/c23-21-15(3-1-4-16(21)17-11-12-18(26)24-22(17)29)13-7-9-14(10-8-13)25-19(27)5-2-6-20(25)28/h1,3-4,7-10,17H,2,5-6,11-12H2,(H,24,26,29). The van der Waals surface area contributed by atoms with Gasteiger partial charge < -0.3 is 0 Å². The van der Waals surface area contributed by atoms with Gasteiger partial charge >= 0.3 is 0 Å². The fraction of sp³-hybridized carbons (Fsp3) is 0.273. The van der Waals surface area contributed by atoms with Gasteiger partial charge in [0.25, 0.3) is 0 Å². The van der Waals surface area contributed by atoms with Gasteiger partial charge in [0.1, 0.15) is 0 Å². The molecule has 148 valence electrons. The van der Waals surface area contributed by atoms with Crippen molar-refractivity contribution in [1.82, 2.24) is 5.32 Å². The maximum absolute atomic E-state index is 12.2. The van der Waals surface area contributed by atoms with Gasteiger partial charge in [0.2, 0.25) is 23.6 Å². The van der Waals surface area contributed by atoms with E-state index in [2.05, 4.69) is 5.32 Å². The Kier molecular flexibility index (Phi) is 5.20. The number of piperidine rings is 2. The molecule has 2 heterocycles. The highest BCUT2D eigenvalue weighted by molar-refractivity contribution is 6.34. The molecule has 0 bridgehead atoms. The first-order chi connectivity index (χ1) is 14.0. The summed E-state index contributed by atoms with van der Waals surface area (Å²) in [6.07, 6.45) is 2.03. The molecule has 6 nitrogen and oxygen atoms in total. The lowest BCUT2D eigenvalue weighted by atomic mass is 9.88. The van der Waals surface area contributed by atoms with Crippen molar-refractivity contribution in [2.45, 2.75) is 38.0 Å². The summed E-state index contributed by atoms with van der Waals surface area (Å²) in [6, 6.07) is 12.5. The van der Waals surface area contributed by atoms with E-state index in [1.165, 1.54) is 4.90 Å². The highest BCUT2D eigenvalue weighted by Gasteiger charge is 2.30. The van der Waals surface area contributed by atoms with Gasteiger partial charge in [-0.2, -0.15) is 0 Å². The molecule has 2 fully saturated rings. The lowest BCUT2D eigenvalue weighted by Crippen LogP contribution is -2.40.